The highest BCUT2D eigenvalue weighted by atomic mass is 19.3. The van der Waals surface area contributed by atoms with E-state index in [-0.39, 0.29) is 57.3 Å². The van der Waals surface area contributed by atoms with Crippen LogP contribution in [0.4, 0.5) is 8.78 Å². The molecule has 0 aliphatic heterocycles. The number of nitriles is 1. The minimum atomic E-state index is -2.97. The van der Waals surface area contributed by atoms with Gasteiger partial charge in [0.2, 0.25) is 0 Å². The SMILES string of the molecule is CC/C=C(\NC12CCC3C(C(=O)C=C4C5(C)C=C(C#N)C(=O)C(C)(C)C5CCC43C)C1CC(C)(C)CC2)C(C)(F)F. The minimum absolute atomic E-state index is 0.00904. The Hall–Kier alpha value is -2.29. The van der Waals surface area contributed by atoms with Crippen LogP contribution < -0.4 is 5.32 Å². The quantitative estimate of drug-likeness (QED) is 0.373. The van der Waals surface area contributed by atoms with E-state index in [4.69, 9.17) is 0 Å². The zero-order chi connectivity index (χ0) is 30.4. The molecule has 7 atom stereocenters. The van der Waals surface area contributed by atoms with E-state index in [1.54, 1.807) is 6.08 Å². The molecule has 3 saturated carbocycles. The maximum absolute atomic E-state index is 14.8. The molecule has 7 unspecified atom stereocenters. The molecular formula is C35H48F2N2O2. The fraction of sp³-hybridized carbons (Fsp3) is 0.743. The summed E-state index contributed by atoms with van der Waals surface area (Å²) in [5, 5.41) is 13.3. The molecular weight excluding hydrogens is 518 g/mol. The first-order valence-corrected chi connectivity index (χ1v) is 15.7. The number of carbonyl (C=O) groups excluding carboxylic acids is 2. The molecule has 41 heavy (non-hydrogen) atoms. The van der Waals surface area contributed by atoms with Crippen molar-refractivity contribution in [1.29, 1.82) is 5.26 Å². The van der Waals surface area contributed by atoms with Gasteiger partial charge in [-0.3, -0.25) is 9.59 Å². The Kier molecular flexibility index (Phi) is 6.88. The maximum Gasteiger partial charge on any atom is 0.284 e. The maximum atomic E-state index is 14.8. The summed E-state index contributed by atoms with van der Waals surface area (Å²) in [7, 11) is 0. The van der Waals surface area contributed by atoms with Gasteiger partial charge in [0.15, 0.2) is 11.6 Å². The van der Waals surface area contributed by atoms with Gasteiger partial charge in [0, 0.05) is 29.2 Å². The van der Waals surface area contributed by atoms with Crippen LogP contribution in [0.5, 0.6) is 0 Å². The second-order valence-electron chi connectivity index (χ2n) is 15.8. The van der Waals surface area contributed by atoms with E-state index in [9.17, 15) is 23.6 Å². The first-order chi connectivity index (χ1) is 18.9. The third kappa shape index (κ3) is 4.39. The van der Waals surface area contributed by atoms with Gasteiger partial charge in [-0.25, -0.2) is 8.78 Å². The van der Waals surface area contributed by atoms with Crippen molar-refractivity contribution < 1.29 is 18.4 Å². The fourth-order valence-corrected chi connectivity index (χ4v) is 10.3. The highest BCUT2D eigenvalue weighted by Crippen LogP contribution is 2.69. The van der Waals surface area contributed by atoms with Crippen LogP contribution in [-0.2, 0) is 9.59 Å². The van der Waals surface area contributed by atoms with Crippen molar-refractivity contribution in [3.05, 3.63) is 35.1 Å². The van der Waals surface area contributed by atoms with Crippen molar-refractivity contribution in [2.45, 2.75) is 118 Å². The highest BCUT2D eigenvalue weighted by molar-refractivity contribution is 6.04. The molecule has 0 aromatic carbocycles. The van der Waals surface area contributed by atoms with Gasteiger partial charge in [-0.1, -0.05) is 66.2 Å². The lowest BCUT2D eigenvalue weighted by Gasteiger charge is -2.65. The first-order valence-electron chi connectivity index (χ1n) is 15.7. The number of carbonyl (C=O) groups is 2. The highest BCUT2D eigenvalue weighted by Gasteiger charge is 2.66. The number of Topliss-reactive ketones (excluding diaryl/α,β-unsaturated/α-hetero) is 1. The summed E-state index contributed by atoms with van der Waals surface area (Å²) in [6, 6.07) is 2.16. The van der Waals surface area contributed by atoms with Crippen molar-refractivity contribution in [2.75, 3.05) is 0 Å². The summed E-state index contributed by atoms with van der Waals surface area (Å²) in [5.74, 6) is -3.16. The van der Waals surface area contributed by atoms with Crippen LogP contribution in [0, 0.1) is 56.7 Å². The lowest BCUT2D eigenvalue weighted by molar-refractivity contribution is -0.142. The normalized spacial score (nSPS) is 41.5. The van der Waals surface area contributed by atoms with Crippen molar-refractivity contribution in [2.24, 2.45) is 45.3 Å². The number of allylic oxidation sites excluding steroid dienone is 6. The zero-order valence-electron chi connectivity index (χ0n) is 26.2. The lowest BCUT2D eigenvalue weighted by atomic mass is 9.39. The molecule has 5 rings (SSSR count). The van der Waals surface area contributed by atoms with Crippen LogP contribution in [0.2, 0.25) is 0 Å². The summed E-state index contributed by atoms with van der Waals surface area (Å²) in [4.78, 5) is 27.6. The van der Waals surface area contributed by atoms with E-state index in [0.717, 1.165) is 57.4 Å². The lowest BCUT2D eigenvalue weighted by Crippen LogP contribution is -2.66. The largest absolute Gasteiger partial charge is 0.378 e. The summed E-state index contributed by atoms with van der Waals surface area (Å²) >= 11 is 0. The number of nitrogens with one attached hydrogen (secondary N) is 1. The molecule has 0 aromatic rings. The monoisotopic (exact) mass is 566 g/mol. The third-order valence-corrected chi connectivity index (χ3v) is 12.3. The van der Waals surface area contributed by atoms with E-state index in [0.29, 0.717) is 6.42 Å². The van der Waals surface area contributed by atoms with Gasteiger partial charge in [-0.05, 0) is 86.0 Å². The summed E-state index contributed by atoms with van der Waals surface area (Å²) in [5.41, 5.74) is -0.768. The van der Waals surface area contributed by atoms with E-state index in [1.165, 1.54) is 0 Å². The summed E-state index contributed by atoms with van der Waals surface area (Å²) in [6.45, 7) is 15.7. The van der Waals surface area contributed by atoms with Gasteiger partial charge >= 0.3 is 0 Å². The first kappa shape index (κ1) is 30.2. The van der Waals surface area contributed by atoms with Crippen molar-refractivity contribution in [3.63, 3.8) is 0 Å². The molecule has 0 radical (unpaired) electrons. The predicted octanol–water partition coefficient (Wildman–Crippen LogP) is 8.11. The molecule has 5 aliphatic rings. The zero-order valence-corrected chi connectivity index (χ0v) is 26.2. The van der Waals surface area contributed by atoms with Crippen LogP contribution in [0.1, 0.15) is 107 Å². The molecule has 0 spiro atoms. The van der Waals surface area contributed by atoms with Crippen molar-refractivity contribution in [3.8, 4) is 6.07 Å². The number of nitrogens with zero attached hydrogens (tertiary/aromatic N) is 1. The molecule has 0 heterocycles. The Balaban J connectivity index is 1.62. The molecule has 224 valence electrons. The smallest absolute Gasteiger partial charge is 0.284 e. The summed E-state index contributed by atoms with van der Waals surface area (Å²) in [6.07, 6.45) is 11.7. The van der Waals surface area contributed by atoms with Gasteiger partial charge in [-0.15, -0.1) is 0 Å². The average molecular weight is 567 g/mol. The number of halogens is 2. The van der Waals surface area contributed by atoms with Gasteiger partial charge in [-0.2, -0.15) is 5.26 Å². The number of alkyl halides is 2. The van der Waals surface area contributed by atoms with Gasteiger partial charge in [0.05, 0.1) is 11.3 Å². The molecule has 3 fully saturated rings. The average Bonchev–Trinajstić information content (AvgIpc) is 2.86. The second-order valence-corrected chi connectivity index (χ2v) is 15.8. The summed E-state index contributed by atoms with van der Waals surface area (Å²) < 4.78 is 29.6. The predicted molar refractivity (Wildman–Crippen MR) is 157 cm³/mol. The van der Waals surface area contributed by atoms with Crippen molar-refractivity contribution in [1.82, 2.24) is 5.32 Å². The molecule has 6 heteroatoms. The Morgan fingerprint density at radius 1 is 1.07 bits per heavy atom. The molecule has 0 aromatic heterocycles. The molecule has 4 nitrogen and oxygen atoms in total. The van der Waals surface area contributed by atoms with Crippen LogP contribution in [0.25, 0.3) is 0 Å². The molecule has 0 bridgehead atoms. The minimum Gasteiger partial charge on any atom is -0.378 e. The Morgan fingerprint density at radius 2 is 1.76 bits per heavy atom. The number of fused-ring (bicyclic) bond motifs is 7. The Labute approximate surface area is 245 Å². The van der Waals surface area contributed by atoms with Crippen LogP contribution >= 0.6 is 0 Å². The van der Waals surface area contributed by atoms with Crippen LogP contribution in [0.15, 0.2) is 35.1 Å². The van der Waals surface area contributed by atoms with E-state index < -0.39 is 22.3 Å². The molecule has 1 N–H and O–H groups in total. The fourth-order valence-electron chi connectivity index (χ4n) is 10.3. The van der Waals surface area contributed by atoms with Crippen molar-refractivity contribution >= 4 is 11.6 Å². The second kappa shape index (κ2) is 9.35. The Bertz CT molecular complexity index is 1290. The molecule has 0 saturated heterocycles. The van der Waals surface area contributed by atoms with Crippen LogP contribution in [-0.4, -0.2) is 23.0 Å². The number of hydrogen-bond acceptors (Lipinski definition) is 4. The Morgan fingerprint density at radius 3 is 2.37 bits per heavy atom. The van der Waals surface area contributed by atoms with Gasteiger partial charge < -0.3 is 5.32 Å². The number of ketones is 2. The number of rotatable bonds is 4. The van der Waals surface area contributed by atoms with E-state index >= 15 is 0 Å². The number of hydrogen-bond donors (Lipinski definition) is 1. The van der Waals surface area contributed by atoms with E-state index in [1.807, 2.05) is 32.9 Å². The molecule has 5 aliphatic carbocycles. The van der Waals surface area contributed by atoms with Gasteiger partial charge in [0.1, 0.15) is 6.07 Å². The third-order valence-electron chi connectivity index (χ3n) is 12.3. The van der Waals surface area contributed by atoms with Crippen LogP contribution in [0.3, 0.4) is 0 Å². The van der Waals surface area contributed by atoms with Gasteiger partial charge in [0.25, 0.3) is 5.92 Å². The van der Waals surface area contributed by atoms with E-state index in [2.05, 4.69) is 39.1 Å². The molecule has 0 amide bonds. The standard InChI is InChI=1S/C35H48F2N2O2/c1-9-10-27(34(8,36)37)39-35-14-11-22-28(23(35)19-30(2,3)15-16-35)24(40)17-26-32(22,6)13-12-25-31(4,5)29(41)21(20-38)18-33(25,26)7/h10,17-18,22-23,25,28,39H,9,11-16,19H2,1-8H3/b27-10-. The topological polar surface area (TPSA) is 70.0 Å².